The zero-order valence-electron chi connectivity index (χ0n) is 29.9. The maximum atomic E-state index is 2.47. The highest BCUT2D eigenvalue weighted by atomic mass is 32.1. The number of para-hydroxylation sites is 2. The van der Waals surface area contributed by atoms with E-state index >= 15 is 0 Å². The van der Waals surface area contributed by atoms with Gasteiger partial charge < -0.3 is 9.47 Å². The van der Waals surface area contributed by atoms with Crippen molar-refractivity contribution in [2.75, 3.05) is 4.90 Å². The van der Waals surface area contributed by atoms with Gasteiger partial charge in [-0.15, -0.1) is 11.3 Å². The van der Waals surface area contributed by atoms with Crippen molar-refractivity contribution in [2.45, 2.75) is 0 Å². The molecule has 0 radical (unpaired) electrons. The van der Waals surface area contributed by atoms with Crippen molar-refractivity contribution >= 4 is 81.1 Å². The summed E-state index contributed by atoms with van der Waals surface area (Å²) in [5, 5.41) is 7.53. The second-order valence-electron chi connectivity index (χ2n) is 14.1. The first-order valence-electron chi connectivity index (χ1n) is 18.8. The van der Waals surface area contributed by atoms with Crippen LogP contribution in [0.3, 0.4) is 0 Å². The third-order valence-electron chi connectivity index (χ3n) is 10.9. The van der Waals surface area contributed by atoms with Gasteiger partial charge in [0.15, 0.2) is 0 Å². The van der Waals surface area contributed by atoms with Crippen molar-refractivity contribution in [3.63, 3.8) is 0 Å². The van der Waals surface area contributed by atoms with E-state index in [0.717, 1.165) is 22.7 Å². The molecule has 9 aromatic carbocycles. The first-order chi connectivity index (χ1) is 27.3. The van der Waals surface area contributed by atoms with E-state index < -0.39 is 0 Å². The lowest BCUT2D eigenvalue weighted by Crippen LogP contribution is -2.09. The van der Waals surface area contributed by atoms with Gasteiger partial charge in [-0.2, -0.15) is 0 Å². The Morgan fingerprint density at radius 1 is 0.382 bits per heavy atom. The summed E-state index contributed by atoms with van der Waals surface area (Å²) < 4.78 is 5.07. The number of anilines is 3. The Kier molecular flexibility index (Phi) is 7.39. The van der Waals surface area contributed by atoms with Crippen molar-refractivity contribution < 1.29 is 0 Å². The van der Waals surface area contributed by atoms with E-state index in [9.17, 15) is 0 Å². The van der Waals surface area contributed by atoms with E-state index in [1.54, 1.807) is 0 Å². The van der Waals surface area contributed by atoms with Crippen molar-refractivity contribution in [3.05, 3.63) is 206 Å². The summed E-state index contributed by atoms with van der Waals surface area (Å²) in [5.41, 5.74) is 11.8. The Morgan fingerprint density at radius 2 is 1.02 bits per heavy atom. The first kappa shape index (κ1) is 31.6. The van der Waals surface area contributed by atoms with E-state index in [2.05, 4.69) is 216 Å². The van der Waals surface area contributed by atoms with Gasteiger partial charge in [0, 0.05) is 59.1 Å². The number of thiophene rings is 1. The van der Waals surface area contributed by atoms with Crippen LogP contribution in [0.15, 0.2) is 206 Å². The summed E-state index contributed by atoms with van der Waals surface area (Å²) in [6, 6.07) is 75.2. The molecule has 3 heteroatoms. The number of nitrogens with zero attached hydrogens (tertiary/aromatic N) is 2. The molecule has 0 aliphatic rings. The van der Waals surface area contributed by atoms with Gasteiger partial charge in [0.25, 0.3) is 0 Å². The van der Waals surface area contributed by atoms with Crippen LogP contribution in [-0.2, 0) is 0 Å². The van der Waals surface area contributed by atoms with E-state index in [4.69, 9.17) is 0 Å². The molecule has 0 amide bonds. The molecule has 0 atom stereocenters. The molecule has 2 nitrogen and oxygen atoms in total. The number of aromatic nitrogens is 1. The molecule has 11 aromatic rings. The van der Waals surface area contributed by atoms with Gasteiger partial charge in [0.2, 0.25) is 0 Å². The third-order valence-corrected chi connectivity index (χ3v) is 12.1. The average molecular weight is 719 g/mol. The Bertz CT molecular complexity index is 3200. The highest BCUT2D eigenvalue weighted by Gasteiger charge is 2.22. The lowest BCUT2D eigenvalue weighted by Gasteiger charge is -2.26. The minimum absolute atomic E-state index is 1.11. The molecular weight excluding hydrogens is 685 g/mol. The van der Waals surface area contributed by atoms with Gasteiger partial charge in [-0.05, 0) is 100 Å². The molecule has 2 aromatic heterocycles. The fraction of sp³-hybridized carbons (Fsp3) is 0. The van der Waals surface area contributed by atoms with E-state index in [0.29, 0.717) is 0 Å². The van der Waals surface area contributed by atoms with Gasteiger partial charge in [-0.3, -0.25) is 0 Å². The summed E-state index contributed by atoms with van der Waals surface area (Å²) in [6.07, 6.45) is 0. The normalized spacial score (nSPS) is 11.6. The maximum absolute atomic E-state index is 2.47. The Labute approximate surface area is 323 Å². The Morgan fingerprint density at radius 3 is 1.85 bits per heavy atom. The minimum atomic E-state index is 1.11. The number of rotatable bonds is 6. The highest BCUT2D eigenvalue weighted by molar-refractivity contribution is 7.25. The van der Waals surface area contributed by atoms with E-state index in [1.807, 2.05) is 11.3 Å². The van der Waals surface area contributed by atoms with Crippen LogP contribution in [0.5, 0.6) is 0 Å². The number of fused-ring (bicyclic) bond motifs is 8. The molecule has 0 bridgehead atoms. The predicted octanol–water partition coefficient (Wildman–Crippen LogP) is 15.1. The molecule has 55 heavy (non-hydrogen) atoms. The van der Waals surface area contributed by atoms with Crippen molar-refractivity contribution in [1.82, 2.24) is 4.57 Å². The monoisotopic (exact) mass is 718 g/mol. The zero-order chi connectivity index (χ0) is 36.3. The van der Waals surface area contributed by atoms with Crippen molar-refractivity contribution in [3.8, 4) is 27.9 Å². The van der Waals surface area contributed by atoms with Crippen LogP contribution < -0.4 is 4.90 Å². The molecule has 0 N–H and O–H groups in total. The average Bonchev–Trinajstić information content (AvgIpc) is 3.80. The molecule has 0 unspecified atom stereocenters. The van der Waals surface area contributed by atoms with Crippen LogP contribution in [-0.4, -0.2) is 4.57 Å². The smallest absolute Gasteiger partial charge is 0.0625 e. The summed E-state index contributed by atoms with van der Waals surface area (Å²) in [4.78, 5) is 2.41. The van der Waals surface area contributed by atoms with Gasteiger partial charge in [0.1, 0.15) is 0 Å². The zero-order valence-corrected chi connectivity index (χ0v) is 30.7. The highest BCUT2D eigenvalue weighted by Crippen LogP contribution is 2.46. The summed E-state index contributed by atoms with van der Waals surface area (Å²) in [5.74, 6) is 0. The van der Waals surface area contributed by atoms with Crippen molar-refractivity contribution in [1.29, 1.82) is 0 Å². The molecule has 0 spiro atoms. The minimum Gasteiger partial charge on any atom is -0.310 e. The molecule has 0 aliphatic heterocycles. The standard InChI is InChI=1S/C52H34N2S/c1-4-15-35(16-5-1)36-18-14-19-37(31-36)46-32-38-17-10-11-24-43(38)52-51(46)47-33-41(28-30-48(47)54(52)40-22-8-3-9-23-40)53(39-20-6-2-7-21-39)42-27-29-45-44-25-12-13-26-49(44)55-50(45)34-42/h1-34H. The summed E-state index contributed by atoms with van der Waals surface area (Å²) in [6.45, 7) is 0. The van der Waals surface area contributed by atoms with Gasteiger partial charge in [-0.25, -0.2) is 0 Å². The van der Waals surface area contributed by atoms with E-state index in [1.165, 1.54) is 75.0 Å². The number of hydrogen-bond donors (Lipinski definition) is 0. The largest absolute Gasteiger partial charge is 0.310 e. The number of benzene rings is 9. The Balaban J connectivity index is 1.22. The molecule has 0 fully saturated rings. The molecule has 0 saturated heterocycles. The molecular formula is C52H34N2S. The fourth-order valence-corrected chi connectivity index (χ4v) is 9.60. The quantitative estimate of drug-likeness (QED) is 0.166. The van der Waals surface area contributed by atoms with Crippen LogP contribution >= 0.6 is 11.3 Å². The molecule has 0 saturated carbocycles. The molecule has 0 aliphatic carbocycles. The SMILES string of the molecule is c1ccc(-c2cccc(-c3cc4ccccc4c4c3c3cc(N(c5ccccc5)c5ccc6c(c5)sc5ccccc56)ccc3n4-c3ccccc3)c2)cc1. The van der Waals surface area contributed by atoms with Crippen LogP contribution in [0.4, 0.5) is 17.1 Å². The maximum Gasteiger partial charge on any atom is 0.0625 e. The lowest BCUT2D eigenvalue weighted by atomic mass is 9.93. The topological polar surface area (TPSA) is 8.17 Å². The van der Waals surface area contributed by atoms with Crippen LogP contribution in [0.25, 0.3) is 80.7 Å². The van der Waals surface area contributed by atoms with Crippen LogP contribution in [0.1, 0.15) is 0 Å². The molecule has 258 valence electrons. The van der Waals surface area contributed by atoms with Gasteiger partial charge in [0.05, 0.1) is 11.0 Å². The second kappa shape index (κ2) is 12.9. The fourth-order valence-electron chi connectivity index (χ4n) is 8.46. The van der Waals surface area contributed by atoms with Crippen LogP contribution in [0, 0.1) is 0 Å². The summed E-state index contributed by atoms with van der Waals surface area (Å²) >= 11 is 1.86. The summed E-state index contributed by atoms with van der Waals surface area (Å²) in [7, 11) is 0. The third kappa shape index (κ3) is 5.24. The van der Waals surface area contributed by atoms with Gasteiger partial charge in [-0.1, -0.05) is 133 Å². The first-order valence-corrected chi connectivity index (χ1v) is 19.6. The Hall–Kier alpha value is -6.94. The number of hydrogen-bond acceptors (Lipinski definition) is 2. The van der Waals surface area contributed by atoms with Crippen molar-refractivity contribution in [2.24, 2.45) is 0 Å². The molecule has 2 heterocycles. The predicted molar refractivity (Wildman–Crippen MR) is 237 cm³/mol. The van der Waals surface area contributed by atoms with Gasteiger partial charge >= 0.3 is 0 Å². The molecule has 11 rings (SSSR count). The second-order valence-corrected chi connectivity index (χ2v) is 15.2. The van der Waals surface area contributed by atoms with Crippen LogP contribution in [0.2, 0.25) is 0 Å². The van der Waals surface area contributed by atoms with E-state index in [-0.39, 0.29) is 0 Å². The lowest BCUT2D eigenvalue weighted by molar-refractivity contribution is 1.18.